The van der Waals surface area contributed by atoms with Crippen molar-refractivity contribution in [3.8, 4) is 0 Å². The molecule has 2 heterocycles. The molecule has 0 saturated carbocycles. The van der Waals surface area contributed by atoms with Gasteiger partial charge in [0, 0.05) is 32.1 Å². The van der Waals surface area contributed by atoms with E-state index in [-0.39, 0.29) is 17.4 Å². The van der Waals surface area contributed by atoms with Crippen molar-refractivity contribution in [2.24, 2.45) is 13.0 Å². The van der Waals surface area contributed by atoms with Crippen molar-refractivity contribution in [1.29, 1.82) is 0 Å². The van der Waals surface area contributed by atoms with Gasteiger partial charge in [0.2, 0.25) is 5.91 Å². The number of aryl methyl sites for hydroxylation is 2. The first-order chi connectivity index (χ1) is 9.65. The highest BCUT2D eigenvalue weighted by Gasteiger charge is 2.30. The predicted molar refractivity (Wildman–Crippen MR) is 72.4 cm³/mol. The van der Waals surface area contributed by atoms with E-state index in [9.17, 15) is 9.59 Å². The predicted octanol–water partition coefficient (Wildman–Crippen LogP) is -0.256. The number of aromatic nitrogens is 2. The molecule has 1 fully saturated rings. The lowest BCUT2D eigenvalue weighted by atomic mass is 9.86. The Morgan fingerprint density at radius 1 is 1.40 bits per heavy atom. The largest absolute Gasteiger partial charge is 0.378 e. The van der Waals surface area contributed by atoms with E-state index in [1.54, 1.807) is 13.1 Å². The molecule has 0 aromatic carbocycles. The molecule has 1 amide bonds. The van der Waals surface area contributed by atoms with Gasteiger partial charge >= 0.3 is 0 Å². The third-order valence-electron chi connectivity index (χ3n) is 4.13. The second kappa shape index (κ2) is 5.36. The molecule has 2 aliphatic rings. The normalized spacial score (nSPS) is 22.4. The maximum absolute atomic E-state index is 12.5. The summed E-state index contributed by atoms with van der Waals surface area (Å²) < 4.78 is 6.64. The van der Waals surface area contributed by atoms with Gasteiger partial charge in [0.25, 0.3) is 5.56 Å². The Morgan fingerprint density at radius 3 is 2.90 bits per heavy atom. The van der Waals surface area contributed by atoms with Gasteiger partial charge < -0.3 is 9.64 Å². The van der Waals surface area contributed by atoms with Crippen molar-refractivity contribution in [2.45, 2.75) is 19.3 Å². The molecule has 0 radical (unpaired) electrons. The minimum Gasteiger partial charge on any atom is -0.378 e. The van der Waals surface area contributed by atoms with E-state index in [1.807, 2.05) is 4.90 Å². The van der Waals surface area contributed by atoms with Crippen LogP contribution in [-0.4, -0.2) is 46.9 Å². The van der Waals surface area contributed by atoms with Crippen molar-refractivity contribution in [3.63, 3.8) is 0 Å². The number of hydrogen-bond donors (Lipinski definition) is 0. The molecule has 1 aromatic heterocycles. The number of morpholine rings is 1. The lowest BCUT2D eigenvalue weighted by Gasteiger charge is -2.32. The smallest absolute Gasteiger partial charge is 0.266 e. The highest BCUT2D eigenvalue weighted by molar-refractivity contribution is 5.79. The van der Waals surface area contributed by atoms with Crippen LogP contribution in [0.15, 0.2) is 10.9 Å². The second-order valence-electron chi connectivity index (χ2n) is 5.46. The number of rotatable bonds is 1. The van der Waals surface area contributed by atoms with Crippen LogP contribution in [0.2, 0.25) is 0 Å². The van der Waals surface area contributed by atoms with Gasteiger partial charge in [-0.15, -0.1) is 0 Å². The first kappa shape index (κ1) is 13.3. The second-order valence-corrected chi connectivity index (χ2v) is 5.46. The third-order valence-corrected chi connectivity index (χ3v) is 4.13. The zero-order valence-corrected chi connectivity index (χ0v) is 11.7. The summed E-state index contributed by atoms with van der Waals surface area (Å²) in [5, 5.41) is 4.28. The van der Waals surface area contributed by atoms with Crippen LogP contribution in [0.25, 0.3) is 0 Å². The number of ether oxygens (including phenoxy) is 1. The molecule has 1 atom stereocenters. The zero-order valence-electron chi connectivity index (χ0n) is 11.7. The monoisotopic (exact) mass is 277 g/mol. The van der Waals surface area contributed by atoms with Crippen LogP contribution in [-0.2, 0) is 29.4 Å². The minimum absolute atomic E-state index is 0.0190. The van der Waals surface area contributed by atoms with Crippen molar-refractivity contribution in [1.82, 2.24) is 14.7 Å². The van der Waals surface area contributed by atoms with Gasteiger partial charge in [-0.2, -0.15) is 5.10 Å². The van der Waals surface area contributed by atoms with Crippen molar-refractivity contribution < 1.29 is 9.53 Å². The maximum Gasteiger partial charge on any atom is 0.266 e. The molecule has 0 bridgehead atoms. The summed E-state index contributed by atoms with van der Waals surface area (Å²) in [6.45, 7) is 2.60. The van der Waals surface area contributed by atoms with Gasteiger partial charge in [-0.3, -0.25) is 9.59 Å². The molecule has 0 spiro atoms. The van der Waals surface area contributed by atoms with Gasteiger partial charge in [-0.05, 0) is 24.8 Å². The fourth-order valence-electron chi connectivity index (χ4n) is 2.94. The summed E-state index contributed by atoms with van der Waals surface area (Å²) in [4.78, 5) is 26.0. The fraction of sp³-hybridized carbons (Fsp3) is 0.643. The molecule has 6 heteroatoms. The fourth-order valence-corrected chi connectivity index (χ4v) is 2.94. The van der Waals surface area contributed by atoms with E-state index in [2.05, 4.69) is 5.10 Å². The van der Waals surface area contributed by atoms with Crippen LogP contribution >= 0.6 is 0 Å². The summed E-state index contributed by atoms with van der Waals surface area (Å²) in [6, 6.07) is 1.63. The number of hydrogen-bond acceptors (Lipinski definition) is 4. The van der Waals surface area contributed by atoms with Crippen LogP contribution in [0.4, 0.5) is 0 Å². The molecule has 0 N–H and O–H groups in total. The van der Waals surface area contributed by atoms with Crippen LogP contribution in [0.1, 0.15) is 17.7 Å². The van der Waals surface area contributed by atoms with Gasteiger partial charge in [-0.25, -0.2) is 4.68 Å². The Morgan fingerprint density at radius 2 is 2.15 bits per heavy atom. The third kappa shape index (κ3) is 2.47. The van der Waals surface area contributed by atoms with E-state index in [0.717, 1.165) is 24.1 Å². The SMILES string of the molecule is Cn1nc2c(cc1=O)C[C@@H](C(=O)N1CCOCC1)CC2. The molecule has 6 nitrogen and oxygen atoms in total. The molecule has 108 valence electrons. The van der Waals surface area contributed by atoms with Crippen LogP contribution < -0.4 is 5.56 Å². The topological polar surface area (TPSA) is 64.4 Å². The van der Waals surface area contributed by atoms with Crippen molar-refractivity contribution in [3.05, 3.63) is 27.7 Å². The molecule has 1 aromatic rings. The Kier molecular flexibility index (Phi) is 3.56. The quantitative estimate of drug-likeness (QED) is 0.710. The molecule has 1 aliphatic heterocycles. The molecular formula is C14H19N3O3. The van der Waals surface area contributed by atoms with Gasteiger partial charge in [0.1, 0.15) is 0 Å². The first-order valence-corrected chi connectivity index (χ1v) is 7.08. The lowest BCUT2D eigenvalue weighted by molar-refractivity contribution is -0.140. The standard InChI is InChI=1S/C14H19N3O3/c1-16-13(18)9-11-8-10(2-3-12(11)15-16)14(19)17-4-6-20-7-5-17/h9-10H,2-8H2,1H3/t10-/m0/s1. The first-order valence-electron chi connectivity index (χ1n) is 7.08. The molecule has 20 heavy (non-hydrogen) atoms. The highest BCUT2D eigenvalue weighted by Crippen LogP contribution is 2.24. The summed E-state index contributed by atoms with van der Waals surface area (Å²) in [5.41, 5.74) is 1.78. The lowest BCUT2D eigenvalue weighted by Crippen LogP contribution is -2.45. The highest BCUT2D eigenvalue weighted by atomic mass is 16.5. The summed E-state index contributed by atoms with van der Waals surface area (Å²) in [6.07, 6.45) is 2.22. The number of carbonyl (C=O) groups is 1. The zero-order chi connectivity index (χ0) is 14.1. The summed E-state index contributed by atoms with van der Waals surface area (Å²) in [7, 11) is 1.66. The average Bonchev–Trinajstić information content (AvgIpc) is 2.48. The Labute approximate surface area is 117 Å². The van der Waals surface area contributed by atoms with E-state index in [1.165, 1.54) is 4.68 Å². The van der Waals surface area contributed by atoms with Crippen LogP contribution in [0.3, 0.4) is 0 Å². The average molecular weight is 277 g/mol. The van der Waals surface area contributed by atoms with Gasteiger partial charge in [0.05, 0.1) is 18.9 Å². The van der Waals surface area contributed by atoms with Crippen molar-refractivity contribution >= 4 is 5.91 Å². The molecule has 3 rings (SSSR count). The van der Waals surface area contributed by atoms with Gasteiger partial charge in [-0.1, -0.05) is 0 Å². The van der Waals surface area contributed by atoms with Crippen LogP contribution in [0, 0.1) is 5.92 Å². The Balaban J connectivity index is 1.76. The van der Waals surface area contributed by atoms with Crippen molar-refractivity contribution in [2.75, 3.05) is 26.3 Å². The molecular weight excluding hydrogens is 258 g/mol. The summed E-state index contributed by atoms with van der Waals surface area (Å²) >= 11 is 0. The van der Waals surface area contributed by atoms with E-state index < -0.39 is 0 Å². The van der Waals surface area contributed by atoms with E-state index in [0.29, 0.717) is 32.7 Å². The van der Waals surface area contributed by atoms with E-state index >= 15 is 0 Å². The number of amides is 1. The number of nitrogens with zero attached hydrogens (tertiary/aromatic N) is 3. The molecule has 0 unspecified atom stereocenters. The molecule has 1 saturated heterocycles. The summed E-state index contributed by atoms with van der Waals surface area (Å²) in [5.74, 6) is 0.175. The molecule has 1 aliphatic carbocycles. The number of carbonyl (C=O) groups excluding carboxylic acids is 1. The number of fused-ring (bicyclic) bond motifs is 1. The maximum atomic E-state index is 12.5. The minimum atomic E-state index is -0.108. The van der Waals surface area contributed by atoms with Crippen LogP contribution in [0.5, 0.6) is 0 Å². The Hall–Kier alpha value is -1.69. The van der Waals surface area contributed by atoms with Gasteiger partial charge in [0.15, 0.2) is 0 Å². The Bertz CT molecular complexity index is 576. The van der Waals surface area contributed by atoms with E-state index in [4.69, 9.17) is 4.74 Å².